The minimum atomic E-state index is 0. The van der Waals surface area contributed by atoms with Crippen molar-refractivity contribution in [1.82, 2.24) is 23.8 Å². The summed E-state index contributed by atoms with van der Waals surface area (Å²) in [6.45, 7) is 6.94. The fourth-order valence-corrected chi connectivity index (χ4v) is 4.47. The molecule has 1 aliphatic heterocycles. The molecule has 1 N–H and O–H groups in total. The van der Waals surface area contributed by atoms with Crippen LogP contribution in [0.3, 0.4) is 0 Å². The summed E-state index contributed by atoms with van der Waals surface area (Å²) in [5.41, 5.74) is 4.43. The van der Waals surface area contributed by atoms with E-state index in [1.54, 1.807) is 0 Å². The summed E-state index contributed by atoms with van der Waals surface area (Å²) < 4.78 is 4.52. The van der Waals surface area contributed by atoms with Crippen molar-refractivity contribution < 1.29 is 5.11 Å². The molecule has 0 amide bonds. The van der Waals surface area contributed by atoms with E-state index >= 15 is 0 Å². The number of halogens is 3. The highest BCUT2D eigenvalue weighted by Gasteiger charge is 2.19. The van der Waals surface area contributed by atoms with Gasteiger partial charge in [0.2, 0.25) is 5.78 Å². The second-order valence-electron chi connectivity index (χ2n) is 7.85. The first-order valence-electron chi connectivity index (χ1n) is 10.5. The lowest BCUT2D eigenvalue weighted by Crippen LogP contribution is -2.47. The van der Waals surface area contributed by atoms with Crippen molar-refractivity contribution in [2.45, 2.75) is 6.54 Å². The molecule has 5 rings (SSSR count). The second-order valence-corrected chi connectivity index (χ2v) is 8.29. The smallest absolute Gasteiger partial charge is 0.215 e. The van der Waals surface area contributed by atoms with Gasteiger partial charge in [-0.1, -0.05) is 35.9 Å². The number of hydrogen-bond acceptors (Lipinski definition) is 4. The second kappa shape index (κ2) is 10.9. The lowest BCUT2D eigenvalue weighted by atomic mass is 10.1. The third kappa shape index (κ3) is 4.91. The van der Waals surface area contributed by atoms with E-state index in [2.05, 4.69) is 55.3 Å². The number of rotatable bonds is 6. The lowest BCUT2D eigenvalue weighted by molar-refractivity contribution is 0.110. The molecule has 2 aromatic carbocycles. The van der Waals surface area contributed by atoms with Crippen molar-refractivity contribution in [1.29, 1.82) is 0 Å². The molecule has 1 saturated heterocycles. The van der Waals surface area contributed by atoms with Gasteiger partial charge in [0.25, 0.3) is 0 Å². The van der Waals surface area contributed by atoms with Gasteiger partial charge in [-0.3, -0.25) is 14.2 Å². The number of hydrogen-bond donors (Lipinski definition) is 1. The molecular formula is C23H28Cl3N5O. The molecule has 2 aromatic heterocycles. The topological polar surface area (TPSA) is 48.9 Å². The van der Waals surface area contributed by atoms with E-state index < -0.39 is 0 Å². The molecule has 0 bridgehead atoms. The Kier molecular flexibility index (Phi) is 8.44. The Bertz CT molecular complexity index is 1150. The van der Waals surface area contributed by atoms with Crippen molar-refractivity contribution >= 4 is 53.2 Å². The van der Waals surface area contributed by atoms with E-state index in [1.807, 2.05) is 18.2 Å². The van der Waals surface area contributed by atoms with Gasteiger partial charge in [-0.15, -0.1) is 24.8 Å². The number of β-amino-alcohol motifs (C(OH)–C–C–N with tert-alkyl or cyclic N) is 1. The summed E-state index contributed by atoms with van der Waals surface area (Å²) >= 11 is 6.12. The minimum absolute atomic E-state index is 0. The summed E-state index contributed by atoms with van der Waals surface area (Å²) in [7, 11) is 0. The van der Waals surface area contributed by atoms with Crippen LogP contribution in [0, 0.1) is 0 Å². The molecule has 0 aliphatic carbocycles. The van der Waals surface area contributed by atoms with Gasteiger partial charge in [-0.25, -0.2) is 4.98 Å². The van der Waals surface area contributed by atoms with Crippen LogP contribution in [0.5, 0.6) is 0 Å². The van der Waals surface area contributed by atoms with Gasteiger partial charge >= 0.3 is 0 Å². The monoisotopic (exact) mass is 495 g/mol. The molecule has 0 radical (unpaired) electrons. The van der Waals surface area contributed by atoms with E-state index in [-0.39, 0.29) is 31.4 Å². The van der Waals surface area contributed by atoms with Crippen LogP contribution in [0.25, 0.3) is 28.1 Å². The zero-order chi connectivity index (χ0) is 20.5. The lowest BCUT2D eigenvalue weighted by Gasteiger charge is -2.34. The molecule has 32 heavy (non-hydrogen) atoms. The van der Waals surface area contributed by atoms with Crippen LogP contribution in [0.1, 0.15) is 0 Å². The summed E-state index contributed by atoms with van der Waals surface area (Å²) in [4.78, 5) is 9.75. The molecule has 4 aromatic rings. The molecule has 172 valence electrons. The predicted octanol–water partition coefficient (Wildman–Crippen LogP) is 4.06. The van der Waals surface area contributed by atoms with Crippen molar-refractivity contribution in [3.8, 4) is 11.3 Å². The number of aliphatic hydroxyl groups is 1. The SMILES string of the molecule is Cl.Cl.OCCN1CCN(CCn2c(-c3ccc(Cl)cc3)cn3c4ccccc4nc23)CC1. The fourth-order valence-electron chi connectivity index (χ4n) is 4.34. The number of nitrogens with zero attached hydrogens (tertiary/aromatic N) is 5. The van der Waals surface area contributed by atoms with Crippen molar-refractivity contribution in [3.63, 3.8) is 0 Å². The van der Waals surface area contributed by atoms with Gasteiger partial charge in [0, 0.05) is 57.0 Å². The van der Waals surface area contributed by atoms with Gasteiger partial charge in [-0.2, -0.15) is 0 Å². The number of para-hydroxylation sites is 2. The maximum Gasteiger partial charge on any atom is 0.215 e. The molecule has 9 heteroatoms. The maximum absolute atomic E-state index is 9.15. The zero-order valence-corrected chi connectivity index (χ0v) is 20.1. The molecular weight excluding hydrogens is 469 g/mol. The van der Waals surface area contributed by atoms with Crippen LogP contribution in [0.4, 0.5) is 0 Å². The Morgan fingerprint density at radius 3 is 2.19 bits per heavy atom. The highest BCUT2D eigenvalue weighted by atomic mass is 35.5. The van der Waals surface area contributed by atoms with E-state index in [1.165, 1.54) is 0 Å². The minimum Gasteiger partial charge on any atom is -0.395 e. The number of piperazine rings is 1. The largest absolute Gasteiger partial charge is 0.395 e. The summed E-state index contributed by atoms with van der Waals surface area (Å²) in [5.74, 6) is 0.972. The number of fused-ring (bicyclic) bond motifs is 3. The van der Waals surface area contributed by atoms with Gasteiger partial charge in [0.1, 0.15) is 0 Å². The van der Waals surface area contributed by atoms with Crippen molar-refractivity contribution in [2.24, 2.45) is 0 Å². The molecule has 0 atom stereocenters. The van der Waals surface area contributed by atoms with Crippen LogP contribution >= 0.6 is 36.4 Å². The van der Waals surface area contributed by atoms with E-state index in [0.29, 0.717) is 0 Å². The molecule has 3 heterocycles. The molecule has 1 fully saturated rings. The third-order valence-corrected chi connectivity index (χ3v) is 6.27. The first-order chi connectivity index (χ1) is 14.7. The fraction of sp³-hybridized carbons (Fsp3) is 0.348. The number of imidazole rings is 2. The molecule has 0 spiro atoms. The van der Waals surface area contributed by atoms with E-state index in [4.69, 9.17) is 21.7 Å². The normalized spacial score (nSPS) is 15.1. The molecule has 0 unspecified atom stereocenters. The maximum atomic E-state index is 9.15. The van der Waals surface area contributed by atoms with Gasteiger partial charge in [-0.05, 0) is 29.8 Å². The zero-order valence-electron chi connectivity index (χ0n) is 17.7. The number of aromatic nitrogens is 3. The first kappa shape index (κ1) is 24.8. The average molecular weight is 497 g/mol. The Balaban J connectivity index is 0.00000144. The average Bonchev–Trinajstić information content (AvgIpc) is 3.30. The predicted molar refractivity (Wildman–Crippen MR) is 136 cm³/mol. The van der Waals surface area contributed by atoms with Crippen LogP contribution in [0.15, 0.2) is 54.7 Å². The van der Waals surface area contributed by atoms with Gasteiger partial charge < -0.3 is 9.67 Å². The van der Waals surface area contributed by atoms with Crippen molar-refractivity contribution in [3.05, 3.63) is 59.8 Å². The Morgan fingerprint density at radius 1 is 0.844 bits per heavy atom. The van der Waals surface area contributed by atoms with Gasteiger partial charge in [0.15, 0.2) is 0 Å². The quantitative estimate of drug-likeness (QED) is 0.437. The first-order valence-corrected chi connectivity index (χ1v) is 10.9. The van der Waals surface area contributed by atoms with Crippen molar-refractivity contribution in [2.75, 3.05) is 45.9 Å². The Hall–Kier alpha value is -1.80. The highest BCUT2D eigenvalue weighted by molar-refractivity contribution is 6.30. The van der Waals surface area contributed by atoms with Crippen LogP contribution in [0.2, 0.25) is 5.02 Å². The van der Waals surface area contributed by atoms with Crippen LogP contribution < -0.4 is 0 Å². The highest BCUT2D eigenvalue weighted by Crippen LogP contribution is 2.27. The Morgan fingerprint density at radius 2 is 1.50 bits per heavy atom. The molecule has 6 nitrogen and oxygen atoms in total. The standard InChI is InChI=1S/C23H26ClN5O.2ClH/c24-19-7-5-18(6-8-19)22-17-29-21-4-2-1-3-20(21)25-23(29)28(22)14-13-26-9-11-27(12-10-26)15-16-30;;/h1-8,17,30H,9-16H2;2*1H. The Labute approximate surface area is 205 Å². The number of aliphatic hydroxyl groups excluding tert-OH is 1. The van der Waals surface area contributed by atoms with Crippen LogP contribution in [-0.4, -0.2) is 74.7 Å². The summed E-state index contributed by atoms with van der Waals surface area (Å²) in [6, 6.07) is 16.3. The van der Waals surface area contributed by atoms with Gasteiger partial charge in [0.05, 0.1) is 23.3 Å². The molecule has 0 saturated carbocycles. The van der Waals surface area contributed by atoms with E-state index in [9.17, 15) is 0 Å². The number of benzene rings is 2. The third-order valence-electron chi connectivity index (χ3n) is 6.02. The summed E-state index contributed by atoms with van der Waals surface area (Å²) in [5, 5.41) is 9.90. The van der Waals surface area contributed by atoms with Crippen LogP contribution in [-0.2, 0) is 6.54 Å². The molecule has 1 aliphatic rings. The summed E-state index contributed by atoms with van der Waals surface area (Å²) in [6.07, 6.45) is 2.19. The van der Waals surface area contributed by atoms with E-state index in [0.717, 1.165) is 78.9 Å².